The molecule has 1 amide bonds. The second-order valence-corrected chi connectivity index (χ2v) is 5.02. The number of aliphatic carboxylic acids is 1. The summed E-state index contributed by atoms with van der Waals surface area (Å²) in [6.07, 6.45) is 1.20. The third-order valence-corrected chi connectivity index (χ3v) is 3.76. The Kier molecular flexibility index (Phi) is 4.35. The van der Waals surface area contributed by atoms with Gasteiger partial charge in [0.1, 0.15) is 6.04 Å². The van der Waals surface area contributed by atoms with Crippen molar-refractivity contribution in [3.8, 4) is 11.5 Å². The first-order valence-electron chi connectivity index (χ1n) is 6.76. The van der Waals surface area contributed by atoms with Crippen LogP contribution in [0.3, 0.4) is 0 Å². The highest BCUT2D eigenvalue weighted by molar-refractivity contribution is 5.98. The first kappa shape index (κ1) is 15.2. The zero-order valence-corrected chi connectivity index (χ0v) is 12.4. The van der Waals surface area contributed by atoms with Crippen molar-refractivity contribution in [3.63, 3.8) is 0 Å². The van der Waals surface area contributed by atoms with Gasteiger partial charge in [-0.2, -0.15) is 0 Å². The van der Waals surface area contributed by atoms with Crippen molar-refractivity contribution in [1.82, 2.24) is 4.90 Å². The molecule has 2 rings (SSSR count). The van der Waals surface area contributed by atoms with Gasteiger partial charge in [0.05, 0.1) is 14.2 Å². The molecule has 21 heavy (non-hydrogen) atoms. The van der Waals surface area contributed by atoms with Crippen LogP contribution < -0.4 is 9.47 Å². The molecule has 1 fully saturated rings. The lowest BCUT2D eigenvalue weighted by Gasteiger charge is -2.23. The lowest BCUT2D eigenvalue weighted by atomic mass is 10.1. The minimum atomic E-state index is -0.959. The van der Waals surface area contributed by atoms with Crippen LogP contribution in [0.1, 0.15) is 28.8 Å². The van der Waals surface area contributed by atoms with Crippen LogP contribution in [0.4, 0.5) is 0 Å². The molecular weight excluding hydrogens is 274 g/mol. The van der Waals surface area contributed by atoms with Crippen molar-refractivity contribution < 1.29 is 24.2 Å². The number of carboxylic acid groups (broad SMARTS) is 1. The monoisotopic (exact) mass is 293 g/mol. The molecule has 6 heteroatoms. The quantitative estimate of drug-likeness (QED) is 0.914. The van der Waals surface area contributed by atoms with Crippen LogP contribution in [-0.2, 0) is 4.79 Å². The van der Waals surface area contributed by atoms with E-state index < -0.39 is 12.0 Å². The third-order valence-electron chi connectivity index (χ3n) is 3.76. The number of rotatable bonds is 4. The summed E-state index contributed by atoms with van der Waals surface area (Å²) in [6.45, 7) is 2.25. The van der Waals surface area contributed by atoms with E-state index in [1.165, 1.54) is 19.1 Å². The van der Waals surface area contributed by atoms with Gasteiger partial charge in [-0.25, -0.2) is 4.79 Å². The summed E-state index contributed by atoms with van der Waals surface area (Å²) in [5, 5.41) is 9.19. The predicted molar refractivity (Wildman–Crippen MR) is 76.0 cm³/mol. The van der Waals surface area contributed by atoms with Gasteiger partial charge in [0.2, 0.25) is 0 Å². The number of carbonyl (C=O) groups is 2. The number of hydrogen-bond donors (Lipinski definition) is 1. The summed E-state index contributed by atoms with van der Waals surface area (Å²) in [5.74, 6) is -0.238. The van der Waals surface area contributed by atoms with E-state index in [2.05, 4.69) is 0 Å². The summed E-state index contributed by atoms with van der Waals surface area (Å²) in [5.41, 5.74) is 1.18. The van der Waals surface area contributed by atoms with Crippen LogP contribution in [0.25, 0.3) is 0 Å². The number of aryl methyl sites for hydroxylation is 1. The molecule has 1 heterocycles. The Morgan fingerprint density at radius 3 is 2.43 bits per heavy atom. The Morgan fingerprint density at radius 1 is 1.24 bits per heavy atom. The number of hydrogen-bond acceptors (Lipinski definition) is 4. The van der Waals surface area contributed by atoms with Gasteiger partial charge in [-0.1, -0.05) is 0 Å². The van der Waals surface area contributed by atoms with Crippen molar-refractivity contribution in [1.29, 1.82) is 0 Å². The fourth-order valence-electron chi connectivity index (χ4n) is 2.63. The second kappa shape index (κ2) is 6.03. The molecule has 1 aromatic rings. The highest BCUT2D eigenvalue weighted by atomic mass is 16.5. The molecule has 1 atom stereocenters. The van der Waals surface area contributed by atoms with Crippen molar-refractivity contribution in [2.45, 2.75) is 25.8 Å². The normalized spacial score (nSPS) is 17.7. The molecule has 6 nitrogen and oxygen atoms in total. The van der Waals surface area contributed by atoms with Crippen LogP contribution in [0, 0.1) is 6.92 Å². The minimum Gasteiger partial charge on any atom is -0.493 e. The number of carbonyl (C=O) groups excluding carboxylic acids is 1. The molecule has 0 spiro atoms. The molecule has 114 valence electrons. The van der Waals surface area contributed by atoms with Crippen molar-refractivity contribution in [2.24, 2.45) is 0 Å². The fraction of sp³-hybridized carbons (Fsp3) is 0.467. The van der Waals surface area contributed by atoms with E-state index >= 15 is 0 Å². The maximum Gasteiger partial charge on any atom is 0.326 e. The van der Waals surface area contributed by atoms with Gasteiger partial charge in [0.15, 0.2) is 11.5 Å². The first-order valence-corrected chi connectivity index (χ1v) is 6.76. The molecule has 0 saturated carbocycles. The largest absolute Gasteiger partial charge is 0.493 e. The molecule has 0 radical (unpaired) electrons. The lowest BCUT2D eigenvalue weighted by molar-refractivity contribution is -0.141. The Hall–Kier alpha value is -2.24. The number of methoxy groups -OCH3 is 2. The molecule has 1 N–H and O–H groups in total. The Balaban J connectivity index is 2.37. The molecule has 0 aromatic heterocycles. The highest BCUT2D eigenvalue weighted by Crippen LogP contribution is 2.32. The van der Waals surface area contributed by atoms with Crippen molar-refractivity contribution >= 4 is 11.9 Å². The summed E-state index contributed by atoms with van der Waals surface area (Å²) in [7, 11) is 3.02. The molecule has 1 aliphatic heterocycles. The van der Waals surface area contributed by atoms with E-state index in [4.69, 9.17) is 9.47 Å². The molecule has 1 saturated heterocycles. The van der Waals surface area contributed by atoms with Crippen LogP contribution in [0.2, 0.25) is 0 Å². The Morgan fingerprint density at radius 2 is 1.86 bits per heavy atom. The minimum absolute atomic E-state index is 0.279. The zero-order chi connectivity index (χ0) is 15.6. The maximum atomic E-state index is 12.6. The van der Waals surface area contributed by atoms with Gasteiger partial charge < -0.3 is 19.5 Å². The average molecular weight is 293 g/mol. The lowest BCUT2D eigenvalue weighted by Crippen LogP contribution is -2.40. The Labute approximate surface area is 123 Å². The Bertz CT molecular complexity index is 569. The number of nitrogens with zero attached hydrogens (tertiary/aromatic N) is 1. The van der Waals surface area contributed by atoms with E-state index in [-0.39, 0.29) is 5.91 Å². The summed E-state index contributed by atoms with van der Waals surface area (Å²) in [4.78, 5) is 25.2. The zero-order valence-electron chi connectivity index (χ0n) is 12.4. The van der Waals surface area contributed by atoms with Crippen molar-refractivity contribution in [3.05, 3.63) is 23.3 Å². The third kappa shape index (κ3) is 2.79. The van der Waals surface area contributed by atoms with Crippen LogP contribution in [-0.4, -0.2) is 48.7 Å². The summed E-state index contributed by atoms with van der Waals surface area (Å²) >= 11 is 0. The van der Waals surface area contributed by atoms with Gasteiger partial charge in [0, 0.05) is 12.1 Å². The molecular formula is C15H19NO5. The fourth-order valence-corrected chi connectivity index (χ4v) is 2.63. The van der Waals surface area contributed by atoms with E-state index in [1.807, 2.05) is 0 Å². The summed E-state index contributed by atoms with van der Waals surface area (Å²) < 4.78 is 10.4. The summed E-state index contributed by atoms with van der Waals surface area (Å²) in [6, 6.07) is 2.58. The molecule has 1 unspecified atom stereocenters. The molecule has 1 aromatic carbocycles. The van der Waals surface area contributed by atoms with Crippen LogP contribution >= 0.6 is 0 Å². The van der Waals surface area contributed by atoms with Crippen LogP contribution in [0.15, 0.2) is 12.1 Å². The number of likely N-dealkylation sites (tertiary alicyclic amines) is 1. The van der Waals surface area contributed by atoms with Gasteiger partial charge in [-0.3, -0.25) is 4.79 Å². The van der Waals surface area contributed by atoms with E-state index in [0.717, 1.165) is 5.56 Å². The SMILES string of the molecule is COc1cc(C)c(C(=O)N2CCCC2C(=O)O)cc1OC. The van der Waals surface area contributed by atoms with E-state index in [1.54, 1.807) is 19.1 Å². The van der Waals surface area contributed by atoms with E-state index in [9.17, 15) is 14.7 Å². The maximum absolute atomic E-state index is 12.6. The highest BCUT2D eigenvalue weighted by Gasteiger charge is 2.35. The van der Waals surface area contributed by atoms with Crippen LogP contribution in [0.5, 0.6) is 11.5 Å². The smallest absolute Gasteiger partial charge is 0.326 e. The number of carboxylic acids is 1. The van der Waals surface area contributed by atoms with Gasteiger partial charge in [0.25, 0.3) is 5.91 Å². The number of benzene rings is 1. The molecule has 1 aliphatic rings. The topological polar surface area (TPSA) is 76.1 Å². The van der Waals surface area contributed by atoms with Gasteiger partial charge >= 0.3 is 5.97 Å². The second-order valence-electron chi connectivity index (χ2n) is 5.02. The van der Waals surface area contributed by atoms with Gasteiger partial charge in [-0.05, 0) is 37.5 Å². The predicted octanol–water partition coefficient (Wildman–Crippen LogP) is 1.70. The van der Waals surface area contributed by atoms with Gasteiger partial charge in [-0.15, -0.1) is 0 Å². The van der Waals surface area contributed by atoms with Crippen molar-refractivity contribution in [2.75, 3.05) is 20.8 Å². The number of amides is 1. The van der Waals surface area contributed by atoms with E-state index in [0.29, 0.717) is 36.4 Å². The molecule has 0 aliphatic carbocycles. The average Bonchev–Trinajstić information content (AvgIpc) is 2.95. The standard InChI is InChI=1S/C15H19NO5/c1-9-7-12(20-2)13(21-3)8-10(9)14(17)16-6-4-5-11(16)15(18)19/h7-8,11H,4-6H2,1-3H3,(H,18,19). The molecule has 0 bridgehead atoms. The first-order chi connectivity index (χ1) is 9.99. The number of ether oxygens (including phenoxy) is 2.